The van der Waals surface area contributed by atoms with Crippen molar-refractivity contribution < 1.29 is 4.39 Å². The largest absolute Gasteiger partial charge is 0.361 e. The van der Waals surface area contributed by atoms with Crippen LogP contribution in [0, 0.1) is 5.82 Å². The van der Waals surface area contributed by atoms with Gasteiger partial charge in [0.25, 0.3) is 0 Å². The second-order valence-corrected chi connectivity index (χ2v) is 7.92. The minimum atomic E-state index is -0.217. The van der Waals surface area contributed by atoms with Gasteiger partial charge in [0, 0.05) is 69.6 Å². The molecule has 3 aromatic rings. The first kappa shape index (κ1) is 24.2. The molecule has 1 fully saturated rings. The van der Waals surface area contributed by atoms with Crippen molar-refractivity contribution in [2.75, 3.05) is 51.7 Å². The molecule has 1 aromatic carbocycles. The van der Waals surface area contributed by atoms with Gasteiger partial charge >= 0.3 is 0 Å². The van der Waals surface area contributed by atoms with E-state index in [0.717, 1.165) is 66.4 Å². The maximum Gasteiger partial charge on any atom is 0.191 e. The zero-order valence-corrected chi connectivity index (χ0v) is 20.9. The molecule has 0 amide bonds. The summed E-state index contributed by atoms with van der Waals surface area (Å²) in [5.41, 5.74) is 3.14. The van der Waals surface area contributed by atoms with E-state index in [1.165, 1.54) is 6.07 Å². The number of nitrogens with zero attached hydrogens (tertiary/aromatic N) is 4. The van der Waals surface area contributed by atoms with Gasteiger partial charge in [-0.25, -0.2) is 9.37 Å². The van der Waals surface area contributed by atoms with Gasteiger partial charge in [0.15, 0.2) is 5.96 Å². The molecule has 0 aliphatic carbocycles. The Kier molecular flexibility index (Phi) is 8.68. The first-order chi connectivity index (χ1) is 15.1. The first-order valence-corrected chi connectivity index (χ1v) is 10.7. The van der Waals surface area contributed by atoms with Crippen LogP contribution in [0.1, 0.15) is 11.1 Å². The summed E-state index contributed by atoms with van der Waals surface area (Å²) in [6.45, 7) is 5.51. The van der Waals surface area contributed by atoms with Crippen molar-refractivity contribution in [2.45, 2.75) is 13.0 Å². The number of aromatic nitrogens is 2. The number of fused-ring (bicyclic) bond motifs is 1. The lowest BCUT2D eigenvalue weighted by atomic mass is 10.1. The quantitative estimate of drug-likeness (QED) is 0.250. The number of pyridine rings is 1. The predicted molar refractivity (Wildman–Crippen MR) is 140 cm³/mol. The Hall–Kier alpha value is -2.40. The SMILES string of the molecule is CN=C(NCCc1c[nH]c2ccc(F)cc12)NCc1ccc(N2CCN(C)CC2)nc1.I. The third-order valence-electron chi connectivity index (χ3n) is 5.74. The minimum Gasteiger partial charge on any atom is -0.361 e. The number of hydrogen-bond acceptors (Lipinski definition) is 4. The van der Waals surface area contributed by atoms with Gasteiger partial charge < -0.3 is 25.4 Å². The molecule has 2 aromatic heterocycles. The molecule has 7 nitrogen and oxygen atoms in total. The van der Waals surface area contributed by atoms with Crippen LogP contribution in [0.4, 0.5) is 10.2 Å². The van der Waals surface area contributed by atoms with Gasteiger partial charge in [-0.1, -0.05) is 6.07 Å². The molecule has 172 valence electrons. The van der Waals surface area contributed by atoms with Gasteiger partial charge in [0.05, 0.1) is 0 Å². The number of H-pyrrole nitrogens is 1. The van der Waals surface area contributed by atoms with Crippen molar-refractivity contribution >= 4 is 46.7 Å². The molecule has 1 aliphatic heterocycles. The van der Waals surface area contributed by atoms with Crippen molar-refractivity contribution in [3.63, 3.8) is 0 Å². The van der Waals surface area contributed by atoms with E-state index in [2.05, 4.69) is 54.6 Å². The highest BCUT2D eigenvalue weighted by molar-refractivity contribution is 14.0. The molecule has 0 spiro atoms. The number of guanidine groups is 1. The minimum absolute atomic E-state index is 0. The zero-order valence-electron chi connectivity index (χ0n) is 18.6. The highest BCUT2D eigenvalue weighted by Gasteiger charge is 2.15. The van der Waals surface area contributed by atoms with E-state index in [4.69, 9.17) is 0 Å². The molecule has 0 bridgehead atoms. The van der Waals surface area contributed by atoms with E-state index in [1.807, 2.05) is 12.4 Å². The number of hydrogen-bond donors (Lipinski definition) is 3. The standard InChI is InChI=1S/C23H30FN7.HI/c1-25-23(26-8-7-18-16-27-21-5-4-19(24)13-20(18)21)29-15-17-3-6-22(28-14-17)31-11-9-30(2)10-12-31;/h3-6,13-14,16,27H,7-12,15H2,1-2H3,(H2,25,26,29);1H. The van der Waals surface area contributed by atoms with Gasteiger partial charge in [-0.05, 0) is 48.9 Å². The Balaban J connectivity index is 0.00000289. The summed E-state index contributed by atoms with van der Waals surface area (Å²) in [6, 6.07) is 9.02. The highest BCUT2D eigenvalue weighted by atomic mass is 127. The summed E-state index contributed by atoms with van der Waals surface area (Å²) in [5.74, 6) is 1.55. The molecule has 0 saturated carbocycles. The maximum absolute atomic E-state index is 13.5. The lowest BCUT2D eigenvalue weighted by Gasteiger charge is -2.33. The van der Waals surface area contributed by atoms with Gasteiger partial charge in [0.1, 0.15) is 11.6 Å². The Morgan fingerprint density at radius 1 is 1.16 bits per heavy atom. The molecule has 32 heavy (non-hydrogen) atoms. The third-order valence-corrected chi connectivity index (χ3v) is 5.74. The van der Waals surface area contributed by atoms with Crippen LogP contribution in [-0.2, 0) is 13.0 Å². The van der Waals surface area contributed by atoms with Crippen molar-refractivity contribution in [3.05, 3.63) is 59.7 Å². The van der Waals surface area contributed by atoms with Crippen LogP contribution in [0.3, 0.4) is 0 Å². The number of rotatable bonds is 6. The smallest absolute Gasteiger partial charge is 0.191 e. The van der Waals surface area contributed by atoms with Crippen LogP contribution in [-0.4, -0.2) is 67.6 Å². The van der Waals surface area contributed by atoms with Crippen LogP contribution in [0.5, 0.6) is 0 Å². The Morgan fingerprint density at radius 2 is 1.97 bits per heavy atom. The Morgan fingerprint density at radius 3 is 2.69 bits per heavy atom. The molecular formula is C23H31FIN7. The molecule has 0 atom stereocenters. The van der Waals surface area contributed by atoms with E-state index in [0.29, 0.717) is 13.1 Å². The summed E-state index contributed by atoms with van der Waals surface area (Å²) in [7, 11) is 3.91. The number of benzene rings is 1. The van der Waals surface area contributed by atoms with E-state index in [9.17, 15) is 4.39 Å². The van der Waals surface area contributed by atoms with E-state index < -0.39 is 0 Å². The van der Waals surface area contributed by atoms with Crippen LogP contribution in [0.25, 0.3) is 10.9 Å². The number of nitrogens with one attached hydrogen (secondary N) is 3. The van der Waals surface area contributed by atoms with Crippen molar-refractivity contribution in [1.82, 2.24) is 25.5 Å². The average Bonchev–Trinajstić information content (AvgIpc) is 3.19. The van der Waals surface area contributed by atoms with Gasteiger partial charge in [-0.2, -0.15) is 0 Å². The van der Waals surface area contributed by atoms with Crippen molar-refractivity contribution in [2.24, 2.45) is 4.99 Å². The van der Waals surface area contributed by atoms with Crippen LogP contribution in [0.2, 0.25) is 0 Å². The number of piperazine rings is 1. The molecule has 9 heteroatoms. The number of likely N-dealkylation sites (N-methyl/N-ethyl adjacent to an activating group) is 1. The molecule has 3 heterocycles. The predicted octanol–water partition coefficient (Wildman–Crippen LogP) is 2.98. The van der Waals surface area contributed by atoms with E-state index in [1.54, 1.807) is 19.2 Å². The van der Waals surface area contributed by atoms with Gasteiger partial charge in [0.2, 0.25) is 0 Å². The fraction of sp³-hybridized carbons (Fsp3) is 0.391. The zero-order chi connectivity index (χ0) is 21.6. The van der Waals surface area contributed by atoms with Crippen molar-refractivity contribution in [1.29, 1.82) is 0 Å². The van der Waals surface area contributed by atoms with E-state index >= 15 is 0 Å². The third kappa shape index (κ3) is 6.10. The van der Waals surface area contributed by atoms with Crippen LogP contribution in [0.15, 0.2) is 47.7 Å². The lowest BCUT2D eigenvalue weighted by molar-refractivity contribution is 0.312. The van der Waals surface area contributed by atoms with E-state index in [-0.39, 0.29) is 29.8 Å². The summed E-state index contributed by atoms with van der Waals surface area (Å²) in [6.07, 6.45) is 4.63. The Bertz CT molecular complexity index is 1030. The van der Waals surface area contributed by atoms with Crippen LogP contribution < -0.4 is 15.5 Å². The topological polar surface area (TPSA) is 71.6 Å². The summed E-state index contributed by atoms with van der Waals surface area (Å²) >= 11 is 0. The monoisotopic (exact) mass is 551 g/mol. The van der Waals surface area contributed by atoms with Gasteiger partial charge in [-0.3, -0.25) is 4.99 Å². The number of aromatic amines is 1. The van der Waals surface area contributed by atoms with Crippen molar-refractivity contribution in [3.8, 4) is 0 Å². The molecule has 1 aliphatic rings. The molecule has 4 rings (SSSR count). The number of aliphatic imine (C=N–C) groups is 1. The normalized spacial score (nSPS) is 15.0. The average molecular weight is 551 g/mol. The maximum atomic E-state index is 13.5. The number of halogens is 2. The lowest BCUT2D eigenvalue weighted by Crippen LogP contribution is -2.44. The highest BCUT2D eigenvalue weighted by Crippen LogP contribution is 2.19. The number of anilines is 1. The first-order valence-electron chi connectivity index (χ1n) is 10.7. The van der Waals surface area contributed by atoms with Crippen LogP contribution >= 0.6 is 24.0 Å². The molecular weight excluding hydrogens is 520 g/mol. The summed E-state index contributed by atoms with van der Waals surface area (Å²) in [4.78, 5) is 16.8. The summed E-state index contributed by atoms with van der Waals surface area (Å²) in [5, 5.41) is 7.58. The second kappa shape index (κ2) is 11.5. The second-order valence-electron chi connectivity index (χ2n) is 7.92. The fourth-order valence-corrected chi connectivity index (χ4v) is 3.82. The van der Waals surface area contributed by atoms with Gasteiger partial charge in [-0.15, -0.1) is 24.0 Å². The fourth-order valence-electron chi connectivity index (χ4n) is 3.82. The molecule has 0 radical (unpaired) electrons. The molecule has 1 saturated heterocycles. The molecule has 0 unspecified atom stereocenters. The molecule has 3 N–H and O–H groups in total. The Labute approximate surface area is 205 Å². The summed E-state index contributed by atoms with van der Waals surface area (Å²) < 4.78 is 13.5.